The average molecular weight is 456 g/mol. The van der Waals surface area contributed by atoms with E-state index in [0.29, 0.717) is 11.4 Å². The number of anilines is 1. The maximum Gasteiger partial charge on any atom is 0.265 e. The minimum absolute atomic E-state index is 0.121. The third-order valence-corrected chi connectivity index (χ3v) is 7.05. The molecule has 0 bridgehead atoms. The normalized spacial score (nSPS) is 11.5. The van der Waals surface area contributed by atoms with Gasteiger partial charge in [0.2, 0.25) is 0 Å². The van der Waals surface area contributed by atoms with Crippen molar-refractivity contribution >= 4 is 33.7 Å². The molecule has 6 nitrogen and oxygen atoms in total. The first kappa shape index (κ1) is 22.7. The van der Waals surface area contributed by atoms with Crippen molar-refractivity contribution in [3.63, 3.8) is 0 Å². The lowest BCUT2D eigenvalue weighted by molar-refractivity contribution is 0.402. The fraction of sp³-hybridized carbons (Fsp3) is 0.174. The molecule has 3 aromatic carbocycles. The minimum Gasteiger partial charge on any atom is -0.495 e. The van der Waals surface area contributed by atoms with E-state index in [1.165, 1.54) is 12.7 Å². The zero-order chi connectivity index (χ0) is 22.3. The largest absolute Gasteiger partial charge is 0.495 e. The van der Waals surface area contributed by atoms with Gasteiger partial charge in [0.05, 0.1) is 19.0 Å². The average Bonchev–Trinajstić information content (AvgIpc) is 2.76. The molecule has 0 aliphatic heterocycles. The lowest BCUT2D eigenvalue weighted by atomic mass is 10.1. The van der Waals surface area contributed by atoms with E-state index in [4.69, 9.17) is 10.6 Å². The van der Waals surface area contributed by atoms with E-state index in [0.717, 1.165) is 28.2 Å². The summed E-state index contributed by atoms with van der Waals surface area (Å²) >= 11 is 1.60. The first-order valence-corrected chi connectivity index (χ1v) is 12.1. The van der Waals surface area contributed by atoms with Crippen LogP contribution in [0.4, 0.5) is 5.69 Å². The van der Waals surface area contributed by atoms with Crippen LogP contribution >= 0.6 is 11.8 Å². The number of benzene rings is 3. The molecule has 0 heterocycles. The lowest BCUT2D eigenvalue weighted by Gasteiger charge is -2.15. The minimum atomic E-state index is -3.80. The van der Waals surface area contributed by atoms with Gasteiger partial charge in [-0.15, -0.1) is 11.8 Å². The van der Waals surface area contributed by atoms with Gasteiger partial charge in [0, 0.05) is 10.6 Å². The number of thioether (sulfide) groups is 1. The van der Waals surface area contributed by atoms with E-state index in [1.807, 2.05) is 55.5 Å². The second kappa shape index (κ2) is 10.4. The van der Waals surface area contributed by atoms with Crippen molar-refractivity contribution in [2.24, 2.45) is 10.9 Å². The van der Waals surface area contributed by atoms with E-state index >= 15 is 0 Å². The van der Waals surface area contributed by atoms with Gasteiger partial charge in [0.25, 0.3) is 10.0 Å². The van der Waals surface area contributed by atoms with E-state index in [-0.39, 0.29) is 4.90 Å². The van der Waals surface area contributed by atoms with E-state index < -0.39 is 10.0 Å². The second-order valence-electron chi connectivity index (χ2n) is 6.87. The summed E-state index contributed by atoms with van der Waals surface area (Å²) < 4.78 is 34.1. The Balaban J connectivity index is 1.72. The number of para-hydroxylation sites is 1. The molecule has 0 saturated carbocycles. The van der Waals surface area contributed by atoms with Crippen molar-refractivity contribution in [3.8, 4) is 5.75 Å². The van der Waals surface area contributed by atoms with Crippen molar-refractivity contribution in [1.82, 2.24) is 0 Å². The molecule has 3 rings (SSSR count). The molecule has 0 amide bonds. The highest BCUT2D eigenvalue weighted by Gasteiger charge is 2.21. The summed E-state index contributed by atoms with van der Waals surface area (Å²) in [6, 6.07) is 20.5. The van der Waals surface area contributed by atoms with Gasteiger partial charge in [0.1, 0.15) is 10.6 Å². The Kier molecular flexibility index (Phi) is 7.59. The second-order valence-corrected chi connectivity index (χ2v) is 9.66. The summed E-state index contributed by atoms with van der Waals surface area (Å²) in [5, 5.41) is 3.52. The number of hydrazone groups is 1. The number of rotatable bonds is 9. The predicted molar refractivity (Wildman–Crippen MR) is 128 cm³/mol. The van der Waals surface area contributed by atoms with Crippen LogP contribution in [0, 0.1) is 6.92 Å². The number of hydrogen-bond donors (Lipinski definition) is 2. The van der Waals surface area contributed by atoms with E-state index in [1.54, 1.807) is 36.2 Å². The van der Waals surface area contributed by atoms with Gasteiger partial charge >= 0.3 is 0 Å². The van der Waals surface area contributed by atoms with Crippen LogP contribution in [0.1, 0.15) is 16.7 Å². The van der Waals surface area contributed by atoms with Gasteiger partial charge < -0.3 is 10.6 Å². The van der Waals surface area contributed by atoms with Crippen molar-refractivity contribution in [2.75, 3.05) is 17.6 Å². The number of nitrogens with two attached hydrogens (primary N) is 1. The molecule has 0 atom stereocenters. The van der Waals surface area contributed by atoms with Gasteiger partial charge in [-0.1, -0.05) is 42.5 Å². The lowest BCUT2D eigenvalue weighted by Crippen LogP contribution is -2.15. The number of aryl methyl sites for hydroxylation is 2. The maximum absolute atomic E-state index is 13.0. The third-order valence-electron chi connectivity index (χ3n) is 4.59. The van der Waals surface area contributed by atoms with Gasteiger partial charge in [-0.05, 0) is 54.3 Å². The summed E-state index contributed by atoms with van der Waals surface area (Å²) in [4.78, 5) is 0.987. The SMILES string of the molecule is COc1ccc(C)cc1S(=O)(=O)Nc1ccccc1SCCc1ccc(C=NN)cc1. The molecule has 162 valence electrons. The molecule has 8 heteroatoms. The van der Waals surface area contributed by atoms with Crippen molar-refractivity contribution < 1.29 is 13.2 Å². The number of methoxy groups -OCH3 is 1. The van der Waals surface area contributed by atoms with Crippen LogP contribution in [0.5, 0.6) is 5.75 Å². The molecule has 0 saturated heterocycles. The van der Waals surface area contributed by atoms with Crippen molar-refractivity contribution in [3.05, 3.63) is 83.4 Å². The first-order valence-electron chi connectivity index (χ1n) is 9.64. The van der Waals surface area contributed by atoms with Gasteiger partial charge in [-0.25, -0.2) is 8.42 Å². The maximum atomic E-state index is 13.0. The molecule has 31 heavy (non-hydrogen) atoms. The van der Waals surface area contributed by atoms with Crippen LogP contribution < -0.4 is 15.3 Å². The molecule has 0 aromatic heterocycles. The highest BCUT2D eigenvalue weighted by atomic mass is 32.2. The molecule has 3 aromatic rings. The number of sulfonamides is 1. The van der Waals surface area contributed by atoms with Crippen LogP contribution in [0.3, 0.4) is 0 Å². The summed E-state index contributed by atoms with van der Waals surface area (Å²) in [5.41, 5.74) is 3.52. The summed E-state index contributed by atoms with van der Waals surface area (Å²) in [6.07, 6.45) is 2.45. The monoisotopic (exact) mass is 455 g/mol. The van der Waals surface area contributed by atoms with Crippen LogP contribution in [0.25, 0.3) is 0 Å². The van der Waals surface area contributed by atoms with Gasteiger partial charge in [0.15, 0.2) is 0 Å². The van der Waals surface area contributed by atoms with E-state index in [9.17, 15) is 8.42 Å². The highest BCUT2D eigenvalue weighted by Crippen LogP contribution is 2.32. The van der Waals surface area contributed by atoms with Gasteiger partial charge in [-0.3, -0.25) is 4.72 Å². The fourth-order valence-corrected chi connectivity index (χ4v) is 5.41. The molecule has 3 N–H and O–H groups in total. The predicted octanol–water partition coefficient (Wildman–Crippen LogP) is 4.43. The number of nitrogens with one attached hydrogen (secondary N) is 1. The van der Waals surface area contributed by atoms with Crippen LogP contribution in [0.2, 0.25) is 0 Å². The molecular weight excluding hydrogens is 430 g/mol. The smallest absolute Gasteiger partial charge is 0.265 e. The van der Waals surface area contributed by atoms with Gasteiger partial charge in [-0.2, -0.15) is 5.10 Å². The van der Waals surface area contributed by atoms with Crippen LogP contribution in [-0.2, 0) is 16.4 Å². The molecule has 0 fully saturated rings. The topological polar surface area (TPSA) is 93.8 Å². The third kappa shape index (κ3) is 6.02. The molecule has 0 aliphatic rings. The quantitative estimate of drug-likeness (QED) is 0.215. The summed E-state index contributed by atoms with van der Waals surface area (Å²) in [6.45, 7) is 1.84. The van der Waals surface area contributed by atoms with Crippen molar-refractivity contribution in [1.29, 1.82) is 0 Å². The molecular formula is C23H25N3O3S2. The number of hydrogen-bond acceptors (Lipinski definition) is 6. The zero-order valence-corrected chi connectivity index (χ0v) is 19.0. The highest BCUT2D eigenvalue weighted by molar-refractivity contribution is 7.99. The van der Waals surface area contributed by atoms with Crippen LogP contribution in [-0.4, -0.2) is 27.5 Å². The summed E-state index contributed by atoms with van der Waals surface area (Å²) in [5.74, 6) is 6.29. The van der Waals surface area contributed by atoms with E-state index in [2.05, 4.69) is 9.82 Å². The Hall–Kier alpha value is -2.97. The Morgan fingerprint density at radius 1 is 1.10 bits per heavy atom. The Labute approximate surface area is 187 Å². The Morgan fingerprint density at radius 3 is 2.55 bits per heavy atom. The number of nitrogens with zero attached hydrogens (tertiary/aromatic N) is 1. The zero-order valence-electron chi connectivity index (χ0n) is 17.4. The molecule has 0 unspecified atom stereocenters. The number of ether oxygens (including phenoxy) is 1. The van der Waals surface area contributed by atoms with Crippen LogP contribution in [0.15, 0.2) is 81.6 Å². The van der Waals surface area contributed by atoms with Crippen molar-refractivity contribution in [2.45, 2.75) is 23.1 Å². The fourth-order valence-electron chi connectivity index (χ4n) is 3.01. The molecule has 0 spiro atoms. The Morgan fingerprint density at radius 2 is 1.84 bits per heavy atom. The molecule has 0 aliphatic carbocycles. The Bertz CT molecular complexity index is 1160. The molecule has 0 radical (unpaired) electrons. The standard InChI is InChI=1S/C23H25N3O3S2/c1-17-7-12-21(29-2)23(15-17)31(27,28)26-20-5-3-4-6-22(20)30-14-13-18-8-10-19(11-9-18)16-25-24/h3-12,15-16,26H,13-14,24H2,1-2H3. The summed E-state index contributed by atoms with van der Waals surface area (Å²) in [7, 11) is -2.34. The first-order chi connectivity index (χ1) is 14.9.